The first kappa shape index (κ1) is 14.9. The maximum Gasteiger partial charge on any atom is 0.212 e. The van der Waals surface area contributed by atoms with E-state index in [2.05, 4.69) is 17.0 Å². The van der Waals surface area contributed by atoms with Crippen molar-refractivity contribution in [1.29, 1.82) is 0 Å². The van der Waals surface area contributed by atoms with Crippen molar-refractivity contribution >= 4 is 10.0 Å². The van der Waals surface area contributed by atoms with Crippen molar-refractivity contribution < 1.29 is 13.2 Å². The van der Waals surface area contributed by atoms with Crippen LogP contribution in [0.5, 0.6) is 0 Å². The maximum atomic E-state index is 11.6. The fourth-order valence-corrected chi connectivity index (χ4v) is 2.81. The van der Waals surface area contributed by atoms with Gasteiger partial charge in [-0.05, 0) is 32.2 Å². The monoisotopic (exact) mass is 264 g/mol. The fourth-order valence-electron chi connectivity index (χ4n) is 1.83. The zero-order chi connectivity index (χ0) is 12.6. The maximum absolute atomic E-state index is 11.6. The molecule has 17 heavy (non-hydrogen) atoms. The van der Waals surface area contributed by atoms with E-state index >= 15 is 0 Å². The fraction of sp³-hybridized carbons (Fsp3) is 1.00. The molecule has 1 aliphatic rings. The van der Waals surface area contributed by atoms with Gasteiger partial charge in [0.1, 0.15) is 0 Å². The summed E-state index contributed by atoms with van der Waals surface area (Å²) in [5, 5.41) is 3.08. The second-order valence-corrected chi connectivity index (χ2v) is 6.31. The zero-order valence-corrected chi connectivity index (χ0v) is 11.4. The van der Waals surface area contributed by atoms with Crippen LogP contribution in [0, 0.1) is 0 Å². The number of sulfonamides is 1. The molecule has 0 aromatic rings. The van der Waals surface area contributed by atoms with Crippen molar-refractivity contribution in [2.75, 3.05) is 32.0 Å². The number of rotatable bonds is 9. The van der Waals surface area contributed by atoms with Gasteiger partial charge in [0.05, 0.1) is 11.9 Å². The molecule has 0 saturated carbocycles. The Balaban J connectivity index is 2.06. The van der Waals surface area contributed by atoms with Crippen molar-refractivity contribution in [3.8, 4) is 0 Å². The molecule has 1 aliphatic heterocycles. The first-order valence-electron chi connectivity index (χ1n) is 6.43. The van der Waals surface area contributed by atoms with Crippen molar-refractivity contribution in [2.24, 2.45) is 0 Å². The van der Waals surface area contributed by atoms with Gasteiger partial charge in [-0.25, -0.2) is 13.1 Å². The van der Waals surface area contributed by atoms with E-state index in [-0.39, 0.29) is 11.9 Å². The molecule has 0 spiro atoms. The summed E-state index contributed by atoms with van der Waals surface area (Å²) >= 11 is 0. The SMILES string of the molecule is CCCNCCS(=O)(=O)NCCC1CCCO1. The molecule has 102 valence electrons. The summed E-state index contributed by atoms with van der Waals surface area (Å²) in [7, 11) is -3.12. The summed E-state index contributed by atoms with van der Waals surface area (Å²) in [5.41, 5.74) is 0. The molecule has 0 aliphatic carbocycles. The van der Waals surface area contributed by atoms with E-state index in [0.29, 0.717) is 13.1 Å². The van der Waals surface area contributed by atoms with E-state index in [1.54, 1.807) is 0 Å². The number of nitrogens with one attached hydrogen (secondary N) is 2. The van der Waals surface area contributed by atoms with Gasteiger partial charge in [0.2, 0.25) is 10.0 Å². The van der Waals surface area contributed by atoms with Gasteiger partial charge in [-0.1, -0.05) is 6.92 Å². The molecule has 6 heteroatoms. The van der Waals surface area contributed by atoms with Crippen LogP contribution < -0.4 is 10.0 Å². The zero-order valence-electron chi connectivity index (χ0n) is 10.6. The summed E-state index contributed by atoms with van der Waals surface area (Å²) < 4.78 is 31.2. The third-order valence-electron chi connectivity index (χ3n) is 2.79. The van der Waals surface area contributed by atoms with Crippen LogP contribution in [-0.4, -0.2) is 46.5 Å². The summed E-state index contributed by atoms with van der Waals surface area (Å²) in [6.45, 7) is 4.75. The molecule has 0 radical (unpaired) electrons. The van der Waals surface area contributed by atoms with Gasteiger partial charge in [-0.2, -0.15) is 0 Å². The highest BCUT2D eigenvalue weighted by molar-refractivity contribution is 7.89. The van der Waals surface area contributed by atoms with Crippen LogP contribution in [0.4, 0.5) is 0 Å². The van der Waals surface area contributed by atoms with Gasteiger partial charge in [0.25, 0.3) is 0 Å². The lowest BCUT2D eigenvalue weighted by atomic mass is 10.2. The van der Waals surface area contributed by atoms with Gasteiger partial charge in [-0.15, -0.1) is 0 Å². The predicted octanol–water partition coefficient (Wildman–Crippen LogP) is 0.475. The van der Waals surface area contributed by atoms with Gasteiger partial charge >= 0.3 is 0 Å². The van der Waals surface area contributed by atoms with Crippen LogP contribution in [0.2, 0.25) is 0 Å². The van der Waals surface area contributed by atoms with Crippen LogP contribution in [-0.2, 0) is 14.8 Å². The van der Waals surface area contributed by atoms with Gasteiger partial charge in [0.15, 0.2) is 0 Å². The van der Waals surface area contributed by atoms with E-state index in [4.69, 9.17) is 4.74 Å². The van der Waals surface area contributed by atoms with Gasteiger partial charge in [-0.3, -0.25) is 0 Å². The molecule has 0 bridgehead atoms. The second-order valence-electron chi connectivity index (χ2n) is 4.39. The largest absolute Gasteiger partial charge is 0.378 e. The lowest BCUT2D eigenvalue weighted by Gasteiger charge is -2.10. The first-order valence-corrected chi connectivity index (χ1v) is 8.09. The normalized spacial score (nSPS) is 20.9. The average molecular weight is 264 g/mol. The molecule has 0 aromatic carbocycles. The second kappa shape index (κ2) is 8.02. The van der Waals surface area contributed by atoms with Crippen LogP contribution in [0.3, 0.4) is 0 Å². The number of hydrogen-bond acceptors (Lipinski definition) is 4. The lowest BCUT2D eigenvalue weighted by Crippen LogP contribution is -2.33. The predicted molar refractivity (Wildman–Crippen MR) is 68.5 cm³/mol. The molecule has 1 fully saturated rings. The molecule has 1 unspecified atom stereocenters. The van der Waals surface area contributed by atoms with Crippen molar-refractivity contribution in [3.05, 3.63) is 0 Å². The van der Waals surface area contributed by atoms with Crippen molar-refractivity contribution in [2.45, 2.75) is 38.7 Å². The number of hydrogen-bond donors (Lipinski definition) is 2. The third kappa shape index (κ3) is 6.98. The minimum atomic E-state index is -3.12. The topological polar surface area (TPSA) is 67.4 Å². The smallest absolute Gasteiger partial charge is 0.212 e. The van der Waals surface area contributed by atoms with E-state index in [1.807, 2.05) is 0 Å². The minimum Gasteiger partial charge on any atom is -0.378 e. The highest BCUT2D eigenvalue weighted by atomic mass is 32.2. The molecule has 5 nitrogen and oxygen atoms in total. The molecule has 1 saturated heterocycles. The van der Waals surface area contributed by atoms with E-state index in [1.165, 1.54) is 0 Å². The summed E-state index contributed by atoms with van der Waals surface area (Å²) in [6.07, 6.45) is 4.20. The Morgan fingerprint density at radius 1 is 1.29 bits per heavy atom. The molecule has 1 rings (SSSR count). The molecule has 0 amide bonds. The van der Waals surface area contributed by atoms with Crippen LogP contribution in [0.1, 0.15) is 32.6 Å². The van der Waals surface area contributed by atoms with Crippen LogP contribution in [0.25, 0.3) is 0 Å². The quantitative estimate of drug-likeness (QED) is 0.594. The van der Waals surface area contributed by atoms with Crippen molar-refractivity contribution in [3.63, 3.8) is 0 Å². The van der Waals surface area contributed by atoms with E-state index in [9.17, 15) is 8.42 Å². The van der Waals surface area contributed by atoms with Crippen LogP contribution in [0.15, 0.2) is 0 Å². The van der Waals surface area contributed by atoms with E-state index < -0.39 is 10.0 Å². The Morgan fingerprint density at radius 2 is 2.12 bits per heavy atom. The standard InChI is InChI=1S/C11H24N2O3S/c1-2-6-12-8-10-17(14,15)13-7-5-11-4-3-9-16-11/h11-13H,2-10H2,1H3. The summed E-state index contributed by atoms with van der Waals surface area (Å²) in [6, 6.07) is 0. The number of ether oxygens (including phenoxy) is 1. The first-order chi connectivity index (χ1) is 8.14. The molecular weight excluding hydrogens is 240 g/mol. The summed E-state index contributed by atoms with van der Waals surface area (Å²) in [5.74, 6) is 0.151. The molecule has 1 atom stereocenters. The molecule has 0 aromatic heterocycles. The Bertz CT molecular complexity index is 287. The minimum absolute atomic E-state index is 0.151. The van der Waals surface area contributed by atoms with Crippen LogP contribution >= 0.6 is 0 Å². The van der Waals surface area contributed by atoms with Crippen molar-refractivity contribution in [1.82, 2.24) is 10.0 Å². The highest BCUT2D eigenvalue weighted by Crippen LogP contribution is 2.14. The summed E-state index contributed by atoms with van der Waals surface area (Å²) in [4.78, 5) is 0. The Morgan fingerprint density at radius 3 is 2.76 bits per heavy atom. The van der Waals surface area contributed by atoms with Gasteiger partial charge in [0, 0.05) is 19.7 Å². The molecule has 1 heterocycles. The Hall–Kier alpha value is -0.170. The highest BCUT2D eigenvalue weighted by Gasteiger charge is 2.16. The van der Waals surface area contributed by atoms with Gasteiger partial charge < -0.3 is 10.1 Å². The Labute approximate surface area is 104 Å². The van der Waals surface area contributed by atoms with E-state index in [0.717, 1.165) is 38.8 Å². The average Bonchev–Trinajstić information content (AvgIpc) is 2.77. The Kier molecular flexibility index (Phi) is 7.03. The molecular formula is C11H24N2O3S. The third-order valence-corrected chi connectivity index (χ3v) is 4.17. The molecule has 2 N–H and O–H groups in total. The lowest BCUT2D eigenvalue weighted by molar-refractivity contribution is 0.105.